The Balaban J connectivity index is 1.59. The molecule has 2 heterocycles. The zero-order chi connectivity index (χ0) is 19.0. The van der Waals surface area contributed by atoms with Gasteiger partial charge in [0.15, 0.2) is 0 Å². The van der Waals surface area contributed by atoms with Gasteiger partial charge in [-0.1, -0.05) is 19.1 Å². The standard InChI is InChI=1S/C22H25N3O2/c1-3-15-7-10-17(11-8-15)23-21(26)16-9-12-18-19(14-16)24(2)20-6-4-5-13-25(20)22(18)27/h7-12,14,20H,3-6,13H2,1-2H3,(H,23,26). The van der Waals surface area contributed by atoms with Gasteiger partial charge in [-0.05, 0) is 61.6 Å². The molecule has 0 saturated carbocycles. The van der Waals surface area contributed by atoms with Crippen LogP contribution in [0.1, 0.15) is 52.5 Å². The molecule has 0 radical (unpaired) electrons. The molecule has 2 amide bonds. The fourth-order valence-corrected chi connectivity index (χ4v) is 4.04. The van der Waals surface area contributed by atoms with Gasteiger partial charge in [0, 0.05) is 24.8 Å². The van der Waals surface area contributed by atoms with E-state index in [0.717, 1.165) is 43.6 Å². The highest BCUT2D eigenvalue weighted by Crippen LogP contribution is 2.34. The number of hydrogen-bond donors (Lipinski definition) is 1. The van der Waals surface area contributed by atoms with Gasteiger partial charge in [-0.15, -0.1) is 0 Å². The summed E-state index contributed by atoms with van der Waals surface area (Å²) in [5, 5.41) is 2.95. The van der Waals surface area contributed by atoms with Crippen LogP contribution in [0.5, 0.6) is 0 Å². The lowest BCUT2D eigenvalue weighted by atomic mass is 9.97. The molecule has 2 aliphatic heterocycles. The maximum absolute atomic E-state index is 12.8. The van der Waals surface area contributed by atoms with E-state index in [2.05, 4.69) is 17.1 Å². The Bertz CT molecular complexity index is 876. The molecule has 2 aliphatic rings. The first-order valence-electron chi connectivity index (χ1n) is 9.66. The highest BCUT2D eigenvalue weighted by Gasteiger charge is 2.37. The zero-order valence-corrected chi connectivity index (χ0v) is 15.9. The van der Waals surface area contributed by atoms with E-state index in [1.807, 2.05) is 42.3 Å². The highest BCUT2D eigenvalue weighted by molar-refractivity contribution is 6.08. The minimum atomic E-state index is -0.158. The van der Waals surface area contributed by atoms with Crippen molar-refractivity contribution in [3.8, 4) is 0 Å². The summed E-state index contributed by atoms with van der Waals surface area (Å²) in [5.74, 6) is -0.0797. The van der Waals surface area contributed by atoms with Gasteiger partial charge in [0.1, 0.15) is 6.17 Å². The Morgan fingerprint density at radius 3 is 2.67 bits per heavy atom. The molecule has 5 nitrogen and oxygen atoms in total. The quantitative estimate of drug-likeness (QED) is 0.900. The lowest BCUT2D eigenvalue weighted by molar-refractivity contribution is 0.0589. The maximum Gasteiger partial charge on any atom is 0.257 e. The van der Waals surface area contributed by atoms with Gasteiger partial charge in [-0.25, -0.2) is 0 Å². The predicted molar refractivity (Wildman–Crippen MR) is 107 cm³/mol. The number of nitrogens with zero attached hydrogens (tertiary/aromatic N) is 2. The zero-order valence-electron chi connectivity index (χ0n) is 15.9. The van der Waals surface area contributed by atoms with Crippen molar-refractivity contribution in [2.24, 2.45) is 0 Å². The minimum Gasteiger partial charge on any atom is -0.354 e. The summed E-state index contributed by atoms with van der Waals surface area (Å²) in [5.41, 5.74) is 4.10. The predicted octanol–water partition coefficient (Wildman–Crippen LogP) is 3.90. The first-order valence-corrected chi connectivity index (χ1v) is 9.66. The molecule has 1 unspecified atom stereocenters. The van der Waals surface area contributed by atoms with Gasteiger partial charge >= 0.3 is 0 Å². The van der Waals surface area contributed by atoms with Gasteiger partial charge in [0.25, 0.3) is 11.8 Å². The lowest BCUT2D eigenvalue weighted by Crippen LogP contribution is -2.55. The molecular formula is C22H25N3O2. The van der Waals surface area contributed by atoms with Gasteiger partial charge in [0.05, 0.1) is 11.3 Å². The highest BCUT2D eigenvalue weighted by atomic mass is 16.2. The summed E-state index contributed by atoms with van der Waals surface area (Å²) in [6.45, 7) is 2.91. The third-order valence-electron chi connectivity index (χ3n) is 5.67. The summed E-state index contributed by atoms with van der Waals surface area (Å²) in [6.07, 6.45) is 4.23. The molecule has 27 heavy (non-hydrogen) atoms. The normalized spacial score (nSPS) is 18.7. The third-order valence-corrected chi connectivity index (χ3v) is 5.67. The molecule has 1 fully saturated rings. The van der Waals surface area contributed by atoms with E-state index in [0.29, 0.717) is 11.1 Å². The molecule has 2 aromatic rings. The molecule has 0 aromatic heterocycles. The number of anilines is 2. The number of amides is 2. The van der Waals surface area contributed by atoms with E-state index in [4.69, 9.17) is 0 Å². The van der Waals surface area contributed by atoms with Crippen molar-refractivity contribution in [2.45, 2.75) is 38.8 Å². The number of aryl methyl sites for hydroxylation is 1. The van der Waals surface area contributed by atoms with Gasteiger partial charge in [-0.3, -0.25) is 9.59 Å². The Labute approximate surface area is 160 Å². The molecule has 1 N–H and O–H groups in total. The monoisotopic (exact) mass is 363 g/mol. The Morgan fingerprint density at radius 2 is 1.93 bits per heavy atom. The van der Waals surface area contributed by atoms with E-state index in [1.165, 1.54) is 5.56 Å². The minimum absolute atomic E-state index is 0.0786. The topological polar surface area (TPSA) is 52.7 Å². The molecule has 2 aromatic carbocycles. The molecule has 5 heteroatoms. The summed E-state index contributed by atoms with van der Waals surface area (Å²) >= 11 is 0. The number of carbonyl (C=O) groups excluding carboxylic acids is 2. The Kier molecular flexibility index (Phi) is 4.60. The van der Waals surface area contributed by atoms with Crippen LogP contribution in [0.2, 0.25) is 0 Å². The molecule has 140 valence electrons. The maximum atomic E-state index is 12.8. The first kappa shape index (κ1) is 17.6. The molecule has 0 spiro atoms. The van der Waals surface area contributed by atoms with Crippen molar-refractivity contribution < 1.29 is 9.59 Å². The van der Waals surface area contributed by atoms with Gasteiger partial charge in [0.2, 0.25) is 0 Å². The number of benzene rings is 2. The third kappa shape index (κ3) is 3.18. The first-order chi connectivity index (χ1) is 13.1. The van der Waals surface area contributed by atoms with E-state index in [-0.39, 0.29) is 18.0 Å². The average Bonchev–Trinajstić information content (AvgIpc) is 2.72. The average molecular weight is 363 g/mol. The van der Waals surface area contributed by atoms with Crippen LogP contribution in [0.15, 0.2) is 42.5 Å². The van der Waals surface area contributed by atoms with Crippen molar-refractivity contribution in [2.75, 3.05) is 23.8 Å². The lowest BCUT2D eigenvalue weighted by Gasteiger charge is -2.46. The van der Waals surface area contributed by atoms with Crippen LogP contribution >= 0.6 is 0 Å². The molecule has 0 bridgehead atoms. The van der Waals surface area contributed by atoms with E-state index >= 15 is 0 Å². The van der Waals surface area contributed by atoms with Gasteiger partial charge in [-0.2, -0.15) is 0 Å². The fourth-order valence-electron chi connectivity index (χ4n) is 4.04. The van der Waals surface area contributed by atoms with E-state index in [9.17, 15) is 9.59 Å². The second-order valence-corrected chi connectivity index (χ2v) is 7.32. The van der Waals surface area contributed by atoms with Crippen LogP contribution in [0.4, 0.5) is 11.4 Å². The molecular weight excluding hydrogens is 338 g/mol. The van der Waals surface area contributed by atoms with Crippen molar-refractivity contribution in [1.82, 2.24) is 4.90 Å². The number of fused-ring (bicyclic) bond motifs is 2. The Morgan fingerprint density at radius 1 is 1.15 bits per heavy atom. The molecule has 0 aliphatic carbocycles. The van der Waals surface area contributed by atoms with E-state index < -0.39 is 0 Å². The number of nitrogens with one attached hydrogen (secondary N) is 1. The Hall–Kier alpha value is -2.82. The van der Waals surface area contributed by atoms with E-state index in [1.54, 1.807) is 12.1 Å². The molecule has 1 saturated heterocycles. The number of rotatable bonds is 3. The number of carbonyl (C=O) groups is 2. The fraction of sp³-hybridized carbons (Fsp3) is 0.364. The second kappa shape index (κ2) is 7.06. The van der Waals surface area contributed by atoms with Crippen LogP contribution in [-0.4, -0.2) is 36.5 Å². The van der Waals surface area contributed by atoms with Gasteiger partial charge < -0.3 is 15.1 Å². The molecule has 1 atom stereocenters. The number of piperidine rings is 1. The summed E-state index contributed by atoms with van der Waals surface area (Å²) in [4.78, 5) is 29.6. The summed E-state index contributed by atoms with van der Waals surface area (Å²) in [6, 6.07) is 13.3. The molecule has 4 rings (SSSR count). The van der Waals surface area contributed by atoms with Crippen LogP contribution in [-0.2, 0) is 6.42 Å². The van der Waals surface area contributed by atoms with Crippen LogP contribution in [0, 0.1) is 0 Å². The van der Waals surface area contributed by atoms with Crippen LogP contribution < -0.4 is 10.2 Å². The summed E-state index contributed by atoms with van der Waals surface area (Å²) < 4.78 is 0. The number of hydrogen-bond acceptors (Lipinski definition) is 3. The second-order valence-electron chi connectivity index (χ2n) is 7.32. The summed E-state index contributed by atoms with van der Waals surface area (Å²) in [7, 11) is 2.01. The van der Waals surface area contributed by atoms with Crippen molar-refractivity contribution >= 4 is 23.2 Å². The van der Waals surface area contributed by atoms with Crippen molar-refractivity contribution in [1.29, 1.82) is 0 Å². The largest absolute Gasteiger partial charge is 0.354 e. The smallest absolute Gasteiger partial charge is 0.257 e. The van der Waals surface area contributed by atoms with Crippen molar-refractivity contribution in [3.05, 3.63) is 59.2 Å². The SMILES string of the molecule is CCc1ccc(NC(=O)c2ccc3c(c2)N(C)C2CCCCN2C3=O)cc1. The van der Waals surface area contributed by atoms with Crippen LogP contribution in [0.25, 0.3) is 0 Å². The van der Waals surface area contributed by atoms with Crippen LogP contribution in [0.3, 0.4) is 0 Å². The van der Waals surface area contributed by atoms with Crippen molar-refractivity contribution in [3.63, 3.8) is 0 Å².